The second-order valence-corrected chi connectivity index (χ2v) is 6.02. The summed E-state index contributed by atoms with van der Waals surface area (Å²) in [6.45, 7) is 0. The molecule has 4 rings (SSSR count). The maximum Gasteiger partial charge on any atom is 0.187 e. The number of hydrogen-bond donors (Lipinski definition) is 0. The lowest BCUT2D eigenvalue weighted by Gasteiger charge is -2.13. The molecule has 0 saturated heterocycles. The summed E-state index contributed by atoms with van der Waals surface area (Å²) in [5.74, 6) is 1.40. The first kappa shape index (κ1) is 16.3. The smallest absolute Gasteiger partial charge is 0.187 e. The van der Waals surface area contributed by atoms with Crippen molar-refractivity contribution >= 4 is 11.6 Å². The maximum absolute atomic E-state index is 6.34. The van der Waals surface area contributed by atoms with E-state index in [-0.39, 0.29) is 0 Å². The molecule has 0 aliphatic heterocycles. The van der Waals surface area contributed by atoms with E-state index in [0.717, 1.165) is 28.1 Å². The number of aromatic nitrogens is 4. The third-order valence-electron chi connectivity index (χ3n) is 4.12. The molecular formula is C20H15ClN4O. The maximum atomic E-state index is 6.34. The number of para-hydroxylation sites is 2. The van der Waals surface area contributed by atoms with Crippen molar-refractivity contribution in [3.8, 4) is 34.0 Å². The van der Waals surface area contributed by atoms with E-state index in [9.17, 15) is 0 Å². The Bertz CT molecular complexity index is 1060. The van der Waals surface area contributed by atoms with Crippen LogP contribution in [0.4, 0.5) is 0 Å². The van der Waals surface area contributed by atoms with Crippen LogP contribution in [-0.2, 0) is 0 Å². The van der Waals surface area contributed by atoms with Gasteiger partial charge in [0, 0.05) is 11.1 Å². The van der Waals surface area contributed by atoms with Gasteiger partial charge in [0.25, 0.3) is 0 Å². The van der Waals surface area contributed by atoms with Gasteiger partial charge in [-0.1, -0.05) is 66.2 Å². The number of ether oxygens (including phenoxy) is 1. The summed E-state index contributed by atoms with van der Waals surface area (Å²) in [5.41, 5.74) is 3.57. The molecule has 4 aromatic rings. The highest BCUT2D eigenvalue weighted by Crippen LogP contribution is 2.37. The van der Waals surface area contributed by atoms with Gasteiger partial charge in [-0.15, -0.1) is 5.10 Å². The van der Waals surface area contributed by atoms with Crippen LogP contribution in [-0.4, -0.2) is 27.3 Å². The lowest BCUT2D eigenvalue weighted by molar-refractivity contribution is 0.416. The van der Waals surface area contributed by atoms with Crippen molar-refractivity contribution in [1.29, 1.82) is 0 Å². The summed E-state index contributed by atoms with van der Waals surface area (Å²) in [6.07, 6.45) is 0. The highest BCUT2D eigenvalue weighted by molar-refractivity contribution is 6.32. The Morgan fingerprint density at radius 2 is 1.46 bits per heavy atom. The van der Waals surface area contributed by atoms with Crippen molar-refractivity contribution in [3.05, 3.63) is 77.8 Å². The molecule has 0 bridgehead atoms. The number of hydrogen-bond acceptors (Lipinski definition) is 4. The molecule has 0 N–H and O–H groups in total. The van der Waals surface area contributed by atoms with Gasteiger partial charge in [0.05, 0.1) is 17.8 Å². The Balaban J connectivity index is 1.93. The van der Waals surface area contributed by atoms with Crippen molar-refractivity contribution in [1.82, 2.24) is 20.2 Å². The van der Waals surface area contributed by atoms with E-state index in [4.69, 9.17) is 16.3 Å². The fraction of sp³-hybridized carbons (Fsp3) is 0.0500. The lowest BCUT2D eigenvalue weighted by atomic mass is 9.98. The molecule has 26 heavy (non-hydrogen) atoms. The second kappa shape index (κ2) is 6.98. The molecule has 128 valence electrons. The molecule has 0 radical (unpaired) electrons. The van der Waals surface area contributed by atoms with Crippen LogP contribution in [0.15, 0.2) is 72.8 Å². The lowest BCUT2D eigenvalue weighted by Crippen LogP contribution is -2.01. The van der Waals surface area contributed by atoms with Gasteiger partial charge < -0.3 is 4.74 Å². The third kappa shape index (κ3) is 2.82. The Kier molecular flexibility index (Phi) is 4.37. The van der Waals surface area contributed by atoms with Crippen molar-refractivity contribution < 1.29 is 4.74 Å². The normalized spacial score (nSPS) is 10.7. The molecule has 3 aromatic carbocycles. The molecule has 0 unspecified atom stereocenters. The largest absolute Gasteiger partial charge is 0.496 e. The minimum atomic E-state index is 0.579. The number of tetrazole rings is 1. The second-order valence-electron chi connectivity index (χ2n) is 5.61. The van der Waals surface area contributed by atoms with E-state index in [1.165, 1.54) is 0 Å². The van der Waals surface area contributed by atoms with Gasteiger partial charge in [0.15, 0.2) is 5.82 Å². The summed E-state index contributed by atoms with van der Waals surface area (Å²) >= 11 is 6.34. The zero-order chi connectivity index (χ0) is 17.9. The Labute approximate surface area is 155 Å². The molecule has 0 aliphatic rings. The third-order valence-corrected chi connectivity index (χ3v) is 4.43. The van der Waals surface area contributed by atoms with Crippen LogP contribution in [0.5, 0.6) is 5.75 Å². The summed E-state index contributed by atoms with van der Waals surface area (Å²) < 4.78 is 7.18. The molecule has 6 heteroatoms. The van der Waals surface area contributed by atoms with Gasteiger partial charge in [-0.05, 0) is 34.2 Å². The van der Waals surface area contributed by atoms with E-state index in [0.29, 0.717) is 10.8 Å². The zero-order valence-electron chi connectivity index (χ0n) is 14.0. The summed E-state index contributed by atoms with van der Waals surface area (Å²) in [4.78, 5) is 0. The molecular weight excluding hydrogens is 348 g/mol. The average molecular weight is 363 g/mol. The molecule has 1 aromatic heterocycles. The number of nitrogens with zero attached hydrogens (tertiary/aromatic N) is 4. The van der Waals surface area contributed by atoms with Crippen LogP contribution in [0.3, 0.4) is 0 Å². The molecule has 0 spiro atoms. The molecule has 0 fully saturated rings. The Morgan fingerprint density at radius 1 is 0.808 bits per heavy atom. The van der Waals surface area contributed by atoms with E-state index in [1.807, 2.05) is 72.8 Å². The van der Waals surface area contributed by atoms with E-state index < -0.39 is 0 Å². The summed E-state index contributed by atoms with van der Waals surface area (Å²) in [6, 6.07) is 23.3. The Hall–Kier alpha value is -3.18. The van der Waals surface area contributed by atoms with Crippen LogP contribution < -0.4 is 4.74 Å². The zero-order valence-corrected chi connectivity index (χ0v) is 14.8. The minimum absolute atomic E-state index is 0.579. The monoisotopic (exact) mass is 362 g/mol. The number of halogens is 1. The fourth-order valence-corrected chi connectivity index (χ4v) is 3.14. The quantitative estimate of drug-likeness (QED) is 0.530. The van der Waals surface area contributed by atoms with Gasteiger partial charge in [-0.3, -0.25) is 0 Å². The van der Waals surface area contributed by atoms with Crippen LogP contribution >= 0.6 is 11.6 Å². The summed E-state index contributed by atoms with van der Waals surface area (Å²) in [5, 5.41) is 12.8. The first-order chi connectivity index (χ1) is 12.8. The van der Waals surface area contributed by atoms with Crippen molar-refractivity contribution in [2.24, 2.45) is 0 Å². The molecule has 5 nitrogen and oxygen atoms in total. The predicted octanol–water partition coefficient (Wildman–Crippen LogP) is 4.66. The molecule has 0 aliphatic carbocycles. The SMILES string of the molecule is COc1ccccc1-c1ccccc1-c1nnnn1-c1ccccc1Cl. The topological polar surface area (TPSA) is 52.8 Å². The van der Waals surface area contributed by atoms with E-state index >= 15 is 0 Å². The van der Waals surface area contributed by atoms with Crippen LogP contribution in [0.25, 0.3) is 28.2 Å². The van der Waals surface area contributed by atoms with Gasteiger partial charge in [0.1, 0.15) is 5.75 Å². The first-order valence-corrected chi connectivity index (χ1v) is 8.43. The molecule has 0 amide bonds. The van der Waals surface area contributed by atoms with E-state index in [2.05, 4.69) is 15.5 Å². The standard InChI is InChI=1S/C20H15ClN4O/c1-26-19-13-7-4-9-15(19)14-8-2-3-10-16(14)20-22-23-24-25(20)18-12-6-5-11-17(18)21/h2-13H,1H3. The Morgan fingerprint density at radius 3 is 2.23 bits per heavy atom. The molecule has 0 saturated carbocycles. The molecule has 0 atom stereocenters. The first-order valence-electron chi connectivity index (χ1n) is 8.05. The van der Waals surface area contributed by atoms with Crippen molar-refractivity contribution in [3.63, 3.8) is 0 Å². The highest BCUT2D eigenvalue weighted by Gasteiger charge is 2.18. The minimum Gasteiger partial charge on any atom is -0.496 e. The van der Waals surface area contributed by atoms with Gasteiger partial charge in [-0.25, -0.2) is 0 Å². The van der Waals surface area contributed by atoms with Crippen LogP contribution in [0.2, 0.25) is 5.02 Å². The van der Waals surface area contributed by atoms with Crippen molar-refractivity contribution in [2.45, 2.75) is 0 Å². The van der Waals surface area contributed by atoms with Crippen LogP contribution in [0, 0.1) is 0 Å². The van der Waals surface area contributed by atoms with Gasteiger partial charge in [0.2, 0.25) is 0 Å². The summed E-state index contributed by atoms with van der Waals surface area (Å²) in [7, 11) is 1.66. The number of rotatable bonds is 4. The van der Waals surface area contributed by atoms with Gasteiger partial charge in [-0.2, -0.15) is 4.68 Å². The number of methoxy groups -OCH3 is 1. The van der Waals surface area contributed by atoms with Crippen LogP contribution in [0.1, 0.15) is 0 Å². The van der Waals surface area contributed by atoms with Gasteiger partial charge >= 0.3 is 0 Å². The predicted molar refractivity (Wildman–Crippen MR) is 102 cm³/mol. The molecule has 1 heterocycles. The number of benzene rings is 3. The van der Waals surface area contributed by atoms with Crippen molar-refractivity contribution in [2.75, 3.05) is 7.11 Å². The van der Waals surface area contributed by atoms with E-state index in [1.54, 1.807) is 11.8 Å². The fourth-order valence-electron chi connectivity index (χ4n) is 2.92. The average Bonchev–Trinajstić information content (AvgIpc) is 3.17. The highest BCUT2D eigenvalue weighted by atomic mass is 35.5.